The van der Waals surface area contributed by atoms with Crippen molar-refractivity contribution in [3.8, 4) is 0 Å². The van der Waals surface area contributed by atoms with Crippen LogP contribution in [0.15, 0.2) is 24.8 Å². The average Bonchev–Trinajstić information content (AvgIpc) is 2.75. The van der Waals surface area contributed by atoms with Crippen molar-refractivity contribution in [3.05, 3.63) is 36.0 Å². The third-order valence-corrected chi connectivity index (χ3v) is 5.48. The van der Waals surface area contributed by atoms with E-state index in [-0.39, 0.29) is 11.9 Å². The van der Waals surface area contributed by atoms with E-state index in [2.05, 4.69) is 35.1 Å². The maximum atomic E-state index is 12.8. The molecular formula is C20H27N7O. The zero-order chi connectivity index (χ0) is 19.3. The minimum atomic E-state index is -0.103. The van der Waals surface area contributed by atoms with Crippen LogP contribution in [-0.4, -0.2) is 58.1 Å². The molecule has 0 saturated carbocycles. The summed E-state index contributed by atoms with van der Waals surface area (Å²) in [5.74, 6) is 1.49. The number of carbonyl (C=O) groups excluding carboxylic acids is 1. The maximum absolute atomic E-state index is 12.8. The molecule has 2 aromatic heterocycles. The molecule has 4 rings (SSSR count). The Kier molecular flexibility index (Phi) is 5.64. The monoisotopic (exact) mass is 381 g/mol. The number of anilines is 2. The molecule has 0 unspecified atom stereocenters. The van der Waals surface area contributed by atoms with E-state index in [0.717, 1.165) is 56.5 Å². The van der Waals surface area contributed by atoms with E-state index in [4.69, 9.17) is 0 Å². The molecule has 148 valence electrons. The van der Waals surface area contributed by atoms with E-state index >= 15 is 0 Å². The second kappa shape index (κ2) is 8.50. The molecular weight excluding hydrogens is 354 g/mol. The maximum Gasteiger partial charge on any atom is 0.254 e. The third-order valence-electron chi connectivity index (χ3n) is 5.48. The van der Waals surface area contributed by atoms with Crippen LogP contribution >= 0.6 is 0 Å². The zero-order valence-corrected chi connectivity index (χ0v) is 16.3. The number of amides is 1. The molecule has 8 nitrogen and oxygen atoms in total. The lowest BCUT2D eigenvalue weighted by Gasteiger charge is -2.33. The third kappa shape index (κ3) is 4.21. The molecule has 4 heterocycles. The molecule has 2 saturated heterocycles. The average molecular weight is 381 g/mol. The topological polar surface area (TPSA) is 87.1 Å². The lowest BCUT2D eigenvalue weighted by Crippen LogP contribution is -2.48. The van der Waals surface area contributed by atoms with Crippen LogP contribution in [0.1, 0.15) is 48.2 Å². The van der Waals surface area contributed by atoms with Crippen molar-refractivity contribution in [3.63, 3.8) is 0 Å². The van der Waals surface area contributed by atoms with Gasteiger partial charge in [-0.3, -0.25) is 9.78 Å². The molecule has 0 spiro atoms. The Bertz CT molecular complexity index is 807. The van der Waals surface area contributed by atoms with Crippen molar-refractivity contribution in [2.45, 2.75) is 45.1 Å². The Morgan fingerprint density at radius 1 is 1.04 bits per heavy atom. The van der Waals surface area contributed by atoms with Gasteiger partial charge < -0.3 is 15.1 Å². The molecule has 2 aliphatic rings. The second-order valence-electron chi connectivity index (χ2n) is 7.54. The van der Waals surface area contributed by atoms with Gasteiger partial charge in [0.1, 0.15) is 5.82 Å². The Hall–Kier alpha value is -2.77. The highest BCUT2D eigenvalue weighted by Crippen LogP contribution is 2.19. The predicted octanol–water partition coefficient (Wildman–Crippen LogP) is 1.96. The number of rotatable bonds is 4. The Morgan fingerprint density at radius 3 is 2.61 bits per heavy atom. The van der Waals surface area contributed by atoms with Gasteiger partial charge in [0.2, 0.25) is 5.95 Å². The van der Waals surface area contributed by atoms with Crippen LogP contribution in [0.2, 0.25) is 0 Å². The fourth-order valence-electron chi connectivity index (χ4n) is 3.94. The number of aromatic nitrogens is 4. The summed E-state index contributed by atoms with van der Waals surface area (Å²) in [6, 6.07) is 0.0735. The van der Waals surface area contributed by atoms with Gasteiger partial charge in [-0.05, 0) is 39.0 Å². The van der Waals surface area contributed by atoms with Crippen molar-refractivity contribution >= 4 is 17.7 Å². The van der Waals surface area contributed by atoms with Crippen LogP contribution in [0.5, 0.6) is 0 Å². The summed E-state index contributed by atoms with van der Waals surface area (Å²) in [6.07, 6.45) is 12.4. The van der Waals surface area contributed by atoms with Crippen LogP contribution in [0.25, 0.3) is 0 Å². The largest absolute Gasteiger partial charge is 0.353 e. The SMILES string of the molecule is Cc1nc(N2CCCCC2)ncc1C(=O)N[C@@H]1CCCN(c2cnccn2)C1. The van der Waals surface area contributed by atoms with E-state index in [1.807, 2.05) is 6.92 Å². The van der Waals surface area contributed by atoms with Crippen molar-refractivity contribution in [2.24, 2.45) is 0 Å². The molecule has 1 atom stereocenters. The number of aryl methyl sites for hydroxylation is 1. The number of hydrogen-bond acceptors (Lipinski definition) is 7. The Labute approximate surface area is 165 Å². The normalized spacial score (nSPS) is 20.1. The standard InChI is InChI=1S/C20H27N7O/c1-15-17(12-23-20(24-15)26-9-3-2-4-10-26)19(28)25-16-6-5-11-27(14-16)18-13-21-7-8-22-18/h7-8,12-13,16H,2-6,9-11,14H2,1H3,(H,25,28)/t16-/m1/s1. The lowest BCUT2D eigenvalue weighted by atomic mass is 10.1. The first-order valence-corrected chi connectivity index (χ1v) is 10.1. The number of nitrogens with zero attached hydrogens (tertiary/aromatic N) is 6. The first-order valence-electron chi connectivity index (χ1n) is 10.1. The molecule has 0 radical (unpaired) electrons. The fraction of sp³-hybridized carbons (Fsp3) is 0.550. The van der Waals surface area contributed by atoms with Crippen LogP contribution in [0, 0.1) is 6.92 Å². The van der Waals surface area contributed by atoms with Crippen LogP contribution in [-0.2, 0) is 0 Å². The second-order valence-corrected chi connectivity index (χ2v) is 7.54. The van der Waals surface area contributed by atoms with E-state index < -0.39 is 0 Å². The smallest absolute Gasteiger partial charge is 0.254 e. The summed E-state index contributed by atoms with van der Waals surface area (Å²) in [7, 11) is 0. The molecule has 8 heteroatoms. The predicted molar refractivity (Wildman–Crippen MR) is 108 cm³/mol. The summed E-state index contributed by atoms with van der Waals surface area (Å²) >= 11 is 0. The summed E-state index contributed by atoms with van der Waals surface area (Å²) in [6.45, 7) is 5.53. The van der Waals surface area contributed by atoms with Crippen molar-refractivity contribution < 1.29 is 4.79 Å². The molecule has 2 fully saturated rings. The van der Waals surface area contributed by atoms with Crippen molar-refractivity contribution in [2.75, 3.05) is 36.0 Å². The van der Waals surface area contributed by atoms with Crippen molar-refractivity contribution in [1.29, 1.82) is 0 Å². The number of carbonyl (C=O) groups is 1. The highest BCUT2D eigenvalue weighted by Gasteiger charge is 2.24. The molecule has 1 N–H and O–H groups in total. The molecule has 1 amide bonds. The van der Waals surface area contributed by atoms with E-state index in [0.29, 0.717) is 5.56 Å². The summed E-state index contributed by atoms with van der Waals surface area (Å²) in [5.41, 5.74) is 1.28. The molecule has 2 aromatic rings. The minimum Gasteiger partial charge on any atom is -0.353 e. The van der Waals surface area contributed by atoms with Gasteiger partial charge in [-0.15, -0.1) is 0 Å². The molecule has 28 heavy (non-hydrogen) atoms. The Balaban J connectivity index is 1.40. The zero-order valence-electron chi connectivity index (χ0n) is 16.3. The molecule has 0 aliphatic carbocycles. The quantitative estimate of drug-likeness (QED) is 0.866. The number of hydrogen-bond donors (Lipinski definition) is 1. The molecule has 0 bridgehead atoms. The van der Waals surface area contributed by atoms with Crippen LogP contribution in [0.4, 0.5) is 11.8 Å². The van der Waals surface area contributed by atoms with E-state index in [1.165, 1.54) is 19.3 Å². The van der Waals surface area contributed by atoms with Crippen molar-refractivity contribution in [1.82, 2.24) is 25.3 Å². The van der Waals surface area contributed by atoms with Gasteiger partial charge in [0.25, 0.3) is 5.91 Å². The van der Waals surface area contributed by atoms with Gasteiger partial charge in [-0.2, -0.15) is 0 Å². The first kappa shape index (κ1) is 18.6. The van der Waals surface area contributed by atoms with Crippen LogP contribution < -0.4 is 15.1 Å². The number of piperidine rings is 2. The summed E-state index contributed by atoms with van der Waals surface area (Å²) < 4.78 is 0. The molecule has 0 aromatic carbocycles. The summed E-state index contributed by atoms with van der Waals surface area (Å²) in [4.78, 5) is 34.8. The number of nitrogens with one attached hydrogen (secondary N) is 1. The van der Waals surface area contributed by atoms with E-state index in [1.54, 1.807) is 24.8 Å². The highest BCUT2D eigenvalue weighted by atomic mass is 16.1. The van der Waals surface area contributed by atoms with Gasteiger partial charge in [-0.25, -0.2) is 15.0 Å². The molecule has 2 aliphatic heterocycles. The van der Waals surface area contributed by atoms with Gasteiger partial charge in [-0.1, -0.05) is 0 Å². The van der Waals surface area contributed by atoms with Gasteiger partial charge in [0, 0.05) is 50.8 Å². The van der Waals surface area contributed by atoms with Gasteiger partial charge in [0.15, 0.2) is 0 Å². The highest BCUT2D eigenvalue weighted by molar-refractivity contribution is 5.95. The van der Waals surface area contributed by atoms with Crippen LogP contribution in [0.3, 0.4) is 0 Å². The lowest BCUT2D eigenvalue weighted by molar-refractivity contribution is 0.0931. The van der Waals surface area contributed by atoms with E-state index in [9.17, 15) is 4.79 Å². The summed E-state index contributed by atoms with van der Waals surface area (Å²) in [5, 5.41) is 3.15. The van der Waals surface area contributed by atoms with Gasteiger partial charge in [0.05, 0.1) is 17.5 Å². The first-order chi connectivity index (χ1) is 13.7. The Morgan fingerprint density at radius 2 is 1.86 bits per heavy atom. The van der Waals surface area contributed by atoms with Gasteiger partial charge >= 0.3 is 0 Å². The minimum absolute atomic E-state index is 0.0735. The fourth-order valence-corrected chi connectivity index (χ4v) is 3.94.